The standard InChI is InChI=1S/C6H12N2O2/c1-5(2)7-6(10)8(3)4-9/h4-5H,1-3H3,(H,7,10). The molecule has 1 N–H and O–H groups in total. The second kappa shape index (κ2) is 3.87. The highest BCUT2D eigenvalue weighted by molar-refractivity contribution is 5.84. The van der Waals surface area contributed by atoms with E-state index in [1.54, 1.807) is 0 Å². The molecule has 0 saturated carbocycles. The van der Waals surface area contributed by atoms with Gasteiger partial charge in [0.25, 0.3) is 0 Å². The fourth-order valence-electron chi connectivity index (χ4n) is 0.397. The van der Waals surface area contributed by atoms with E-state index in [0.29, 0.717) is 6.41 Å². The van der Waals surface area contributed by atoms with Crippen LogP contribution in [0.3, 0.4) is 0 Å². The average Bonchev–Trinajstić information content (AvgIpc) is 1.85. The highest BCUT2D eigenvalue weighted by atomic mass is 16.2. The normalized spacial score (nSPS) is 9.20. The van der Waals surface area contributed by atoms with Crippen molar-refractivity contribution in [3.63, 3.8) is 0 Å². The van der Waals surface area contributed by atoms with Gasteiger partial charge in [0, 0.05) is 13.1 Å². The van der Waals surface area contributed by atoms with Crippen LogP contribution in [0.25, 0.3) is 0 Å². The Bertz CT molecular complexity index is 134. The first kappa shape index (κ1) is 8.94. The van der Waals surface area contributed by atoms with Crippen LogP contribution in [0.15, 0.2) is 0 Å². The highest BCUT2D eigenvalue weighted by Gasteiger charge is 2.06. The SMILES string of the molecule is CC(C)NC(=O)N(C)C=O. The van der Waals surface area contributed by atoms with Crippen LogP contribution < -0.4 is 5.32 Å². The van der Waals surface area contributed by atoms with Crippen molar-refractivity contribution in [2.45, 2.75) is 19.9 Å². The number of rotatable bonds is 2. The van der Waals surface area contributed by atoms with E-state index in [1.807, 2.05) is 13.8 Å². The largest absolute Gasteiger partial charge is 0.335 e. The van der Waals surface area contributed by atoms with Crippen LogP contribution in [0.5, 0.6) is 0 Å². The molecular formula is C6H12N2O2. The maximum Gasteiger partial charge on any atom is 0.323 e. The van der Waals surface area contributed by atoms with Crippen molar-refractivity contribution in [1.29, 1.82) is 0 Å². The van der Waals surface area contributed by atoms with Gasteiger partial charge in [-0.2, -0.15) is 0 Å². The minimum Gasteiger partial charge on any atom is -0.335 e. The zero-order valence-electron chi connectivity index (χ0n) is 6.42. The zero-order valence-corrected chi connectivity index (χ0v) is 6.42. The predicted molar refractivity (Wildman–Crippen MR) is 37.5 cm³/mol. The van der Waals surface area contributed by atoms with Gasteiger partial charge in [0.2, 0.25) is 6.41 Å². The lowest BCUT2D eigenvalue weighted by Crippen LogP contribution is -2.39. The van der Waals surface area contributed by atoms with Gasteiger partial charge in [-0.1, -0.05) is 0 Å². The number of imide groups is 1. The molecule has 58 valence electrons. The van der Waals surface area contributed by atoms with E-state index >= 15 is 0 Å². The molecule has 10 heavy (non-hydrogen) atoms. The molecule has 0 unspecified atom stereocenters. The fraction of sp³-hybridized carbons (Fsp3) is 0.667. The van der Waals surface area contributed by atoms with Crippen LogP contribution in [0.4, 0.5) is 4.79 Å². The molecule has 4 nitrogen and oxygen atoms in total. The first-order valence-electron chi connectivity index (χ1n) is 3.06. The smallest absolute Gasteiger partial charge is 0.323 e. The van der Waals surface area contributed by atoms with E-state index < -0.39 is 0 Å². The molecule has 0 fully saturated rings. The Hall–Kier alpha value is -1.06. The molecular weight excluding hydrogens is 132 g/mol. The Labute approximate surface area is 60.2 Å². The van der Waals surface area contributed by atoms with Crippen LogP contribution in [0.2, 0.25) is 0 Å². The Kier molecular flexibility index (Phi) is 3.46. The second-order valence-electron chi connectivity index (χ2n) is 2.32. The van der Waals surface area contributed by atoms with Crippen molar-refractivity contribution < 1.29 is 9.59 Å². The number of hydrogen-bond acceptors (Lipinski definition) is 2. The van der Waals surface area contributed by atoms with Crippen molar-refractivity contribution >= 4 is 12.4 Å². The summed E-state index contributed by atoms with van der Waals surface area (Å²) in [5.74, 6) is 0. The van der Waals surface area contributed by atoms with Crippen LogP contribution in [0, 0.1) is 0 Å². The van der Waals surface area contributed by atoms with Crippen molar-refractivity contribution in [3.8, 4) is 0 Å². The van der Waals surface area contributed by atoms with Crippen LogP contribution in [0.1, 0.15) is 13.8 Å². The van der Waals surface area contributed by atoms with Crippen molar-refractivity contribution in [2.75, 3.05) is 7.05 Å². The molecule has 0 aliphatic heterocycles. The Morgan fingerprint density at radius 2 is 2.10 bits per heavy atom. The molecule has 0 aliphatic rings. The van der Waals surface area contributed by atoms with Gasteiger partial charge >= 0.3 is 6.03 Å². The monoisotopic (exact) mass is 144 g/mol. The number of nitrogens with zero attached hydrogens (tertiary/aromatic N) is 1. The molecule has 0 saturated heterocycles. The quantitative estimate of drug-likeness (QED) is 0.562. The van der Waals surface area contributed by atoms with Gasteiger partial charge in [-0.3, -0.25) is 9.69 Å². The highest BCUT2D eigenvalue weighted by Crippen LogP contribution is 1.81. The first-order chi connectivity index (χ1) is 4.57. The predicted octanol–water partition coefficient (Wildman–Crippen LogP) is 0.193. The lowest BCUT2D eigenvalue weighted by molar-refractivity contribution is -0.114. The Balaban J connectivity index is 3.73. The number of carbonyl (C=O) groups is 2. The summed E-state index contributed by atoms with van der Waals surface area (Å²) in [4.78, 5) is 21.7. The summed E-state index contributed by atoms with van der Waals surface area (Å²) in [6.45, 7) is 3.66. The van der Waals surface area contributed by atoms with E-state index in [9.17, 15) is 9.59 Å². The molecule has 3 amide bonds. The lowest BCUT2D eigenvalue weighted by Gasteiger charge is -2.12. The van der Waals surface area contributed by atoms with E-state index in [-0.39, 0.29) is 12.1 Å². The number of carbonyl (C=O) groups excluding carboxylic acids is 2. The summed E-state index contributed by atoms with van der Waals surface area (Å²) >= 11 is 0. The van der Waals surface area contributed by atoms with Gasteiger partial charge in [0.1, 0.15) is 0 Å². The fourth-order valence-corrected chi connectivity index (χ4v) is 0.397. The molecule has 0 aromatic rings. The summed E-state index contributed by atoms with van der Waals surface area (Å²) in [5, 5.41) is 2.55. The van der Waals surface area contributed by atoms with Gasteiger partial charge in [0.05, 0.1) is 0 Å². The second-order valence-corrected chi connectivity index (χ2v) is 2.32. The third kappa shape index (κ3) is 3.06. The number of urea groups is 1. The molecule has 0 rings (SSSR count). The summed E-state index contributed by atoms with van der Waals surface area (Å²) in [7, 11) is 1.41. The molecule has 0 radical (unpaired) electrons. The minimum absolute atomic E-state index is 0.0647. The van der Waals surface area contributed by atoms with Gasteiger partial charge in [0.15, 0.2) is 0 Å². The van der Waals surface area contributed by atoms with Crippen molar-refractivity contribution in [1.82, 2.24) is 10.2 Å². The number of amides is 3. The van der Waals surface area contributed by atoms with E-state index in [2.05, 4.69) is 5.32 Å². The summed E-state index contributed by atoms with van der Waals surface area (Å²) in [5.41, 5.74) is 0. The van der Waals surface area contributed by atoms with Crippen molar-refractivity contribution in [3.05, 3.63) is 0 Å². The minimum atomic E-state index is -0.370. The molecule has 0 bridgehead atoms. The summed E-state index contributed by atoms with van der Waals surface area (Å²) in [6, 6.07) is -0.306. The summed E-state index contributed by atoms with van der Waals surface area (Å²) in [6.07, 6.45) is 0.470. The van der Waals surface area contributed by atoms with Gasteiger partial charge in [-0.05, 0) is 13.8 Å². The third-order valence-corrected chi connectivity index (χ3v) is 0.891. The molecule has 4 heteroatoms. The number of hydrogen-bond donors (Lipinski definition) is 1. The lowest BCUT2D eigenvalue weighted by atomic mass is 10.4. The van der Waals surface area contributed by atoms with E-state index in [0.717, 1.165) is 4.90 Å². The van der Waals surface area contributed by atoms with Gasteiger partial charge in [-0.15, -0.1) is 0 Å². The Morgan fingerprint density at radius 3 is 2.40 bits per heavy atom. The molecule has 0 aromatic carbocycles. The molecule has 0 atom stereocenters. The molecule has 0 heterocycles. The van der Waals surface area contributed by atoms with Crippen LogP contribution in [-0.2, 0) is 4.79 Å². The maximum atomic E-state index is 10.8. The molecule has 0 aliphatic carbocycles. The van der Waals surface area contributed by atoms with E-state index in [1.165, 1.54) is 7.05 Å². The zero-order chi connectivity index (χ0) is 8.15. The first-order valence-corrected chi connectivity index (χ1v) is 3.06. The van der Waals surface area contributed by atoms with E-state index in [4.69, 9.17) is 0 Å². The molecule has 0 spiro atoms. The van der Waals surface area contributed by atoms with Gasteiger partial charge in [-0.25, -0.2) is 4.79 Å². The van der Waals surface area contributed by atoms with Gasteiger partial charge < -0.3 is 5.32 Å². The Morgan fingerprint density at radius 1 is 1.60 bits per heavy atom. The van der Waals surface area contributed by atoms with Crippen LogP contribution in [-0.4, -0.2) is 30.4 Å². The maximum absolute atomic E-state index is 10.8. The topological polar surface area (TPSA) is 49.4 Å². The molecule has 0 aromatic heterocycles. The average molecular weight is 144 g/mol. The third-order valence-electron chi connectivity index (χ3n) is 0.891. The van der Waals surface area contributed by atoms with Crippen LogP contribution >= 0.6 is 0 Å². The van der Waals surface area contributed by atoms with Crippen molar-refractivity contribution in [2.24, 2.45) is 0 Å². The summed E-state index contributed by atoms with van der Waals surface area (Å²) < 4.78 is 0. The number of nitrogens with one attached hydrogen (secondary N) is 1.